The molecule has 2 amide bonds. The molecular formula is C13H15BrN2O2. The van der Waals surface area contributed by atoms with Crippen LogP contribution in [0.25, 0.3) is 0 Å². The Labute approximate surface area is 114 Å². The number of nitrogens with two attached hydrogens (primary N) is 1. The molecule has 2 rings (SSSR count). The van der Waals surface area contributed by atoms with E-state index in [0.717, 1.165) is 22.9 Å². The third-order valence-electron chi connectivity index (χ3n) is 3.07. The first-order chi connectivity index (χ1) is 8.59. The topological polar surface area (TPSA) is 63.4 Å². The predicted molar refractivity (Wildman–Crippen MR) is 72.6 cm³/mol. The van der Waals surface area contributed by atoms with E-state index in [9.17, 15) is 9.59 Å². The Balaban J connectivity index is 2.23. The highest BCUT2D eigenvalue weighted by Crippen LogP contribution is 2.26. The Bertz CT molecular complexity index is 470. The Morgan fingerprint density at radius 3 is 2.39 bits per heavy atom. The predicted octanol–water partition coefficient (Wildman–Crippen LogP) is 2.46. The summed E-state index contributed by atoms with van der Waals surface area (Å²) in [7, 11) is 0. The van der Waals surface area contributed by atoms with Crippen molar-refractivity contribution in [2.24, 2.45) is 0 Å². The number of carbonyl (C=O) groups excluding carboxylic acids is 2. The fraction of sp³-hybridized carbons (Fsp3) is 0.385. The molecule has 0 saturated carbocycles. The maximum absolute atomic E-state index is 11.9. The summed E-state index contributed by atoms with van der Waals surface area (Å²) >= 11 is 3.39. The minimum atomic E-state index is -0.0909. The van der Waals surface area contributed by atoms with Crippen LogP contribution in [0.1, 0.15) is 31.2 Å². The first-order valence-corrected chi connectivity index (χ1v) is 6.75. The number of carbonyl (C=O) groups is 2. The average Bonchev–Trinajstić information content (AvgIpc) is 2.49. The summed E-state index contributed by atoms with van der Waals surface area (Å²) < 4.78 is 0.759. The van der Waals surface area contributed by atoms with Gasteiger partial charge in [-0.25, -0.2) is 0 Å². The molecular weight excluding hydrogens is 296 g/mol. The number of anilines is 1. The van der Waals surface area contributed by atoms with Crippen LogP contribution in [0.5, 0.6) is 0 Å². The molecule has 1 aliphatic heterocycles. The Kier molecular flexibility index (Phi) is 4.01. The molecule has 0 unspecified atom stereocenters. The first kappa shape index (κ1) is 13.1. The number of likely N-dealkylation sites (tertiary alicyclic amines) is 1. The second kappa shape index (κ2) is 5.52. The van der Waals surface area contributed by atoms with E-state index >= 15 is 0 Å². The van der Waals surface area contributed by atoms with Gasteiger partial charge in [0, 0.05) is 23.0 Å². The minimum absolute atomic E-state index is 0.0909. The van der Waals surface area contributed by atoms with Crippen molar-refractivity contribution in [1.29, 1.82) is 0 Å². The molecule has 96 valence electrons. The molecule has 2 N–H and O–H groups in total. The van der Waals surface area contributed by atoms with Crippen LogP contribution in [0.4, 0.5) is 5.69 Å². The summed E-state index contributed by atoms with van der Waals surface area (Å²) in [5.74, 6) is -0.182. The van der Waals surface area contributed by atoms with E-state index in [2.05, 4.69) is 15.9 Å². The van der Waals surface area contributed by atoms with Gasteiger partial charge >= 0.3 is 0 Å². The van der Waals surface area contributed by atoms with Crippen LogP contribution in [-0.2, 0) is 16.1 Å². The van der Waals surface area contributed by atoms with Gasteiger partial charge in [0.05, 0.1) is 6.54 Å². The van der Waals surface area contributed by atoms with Crippen molar-refractivity contribution in [3.8, 4) is 0 Å². The molecule has 18 heavy (non-hydrogen) atoms. The van der Waals surface area contributed by atoms with Crippen LogP contribution in [0.3, 0.4) is 0 Å². The molecule has 0 spiro atoms. The summed E-state index contributed by atoms with van der Waals surface area (Å²) in [4.78, 5) is 25.1. The molecule has 4 nitrogen and oxygen atoms in total. The molecule has 0 atom stereocenters. The first-order valence-electron chi connectivity index (χ1n) is 5.95. The smallest absolute Gasteiger partial charge is 0.229 e. The third kappa shape index (κ3) is 2.72. The number of hydrogen-bond acceptors (Lipinski definition) is 3. The Hall–Kier alpha value is -1.36. The highest BCUT2D eigenvalue weighted by Gasteiger charge is 2.24. The van der Waals surface area contributed by atoms with E-state index < -0.39 is 0 Å². The molecule has 1 aromatic rings. The van der Waals surface area contributed by atoms with Crippen molar-refractivity contribution >= 4 is 33.4 Å². The van der Waals surface area contributed by atoms with Gasteiger partial charge in [0.15, 0.2) is 0 Å². The molecule has 0 bridgehead atoms. The zero-order valence-electron chi connectivity index (χ0n) is 9.99. The van der Waals surface area contributed by atoms with Crippen molar-refractivity contribution in [1.82, 2.24) is 4.90 Å². The lowest BCUT2D eigenvalue weighted by molar-refractivity contribution is -0.144. The van der Waals surface area contributed by atoms with Gasteiger partial charge in [-0.3, -0.25) is 14.5 Å². The van der Waals surface area contributed by atoms with Gasteiger partial charge < -0.3 is 5.73 Å². The molecule has 0 aliphatic carbocycles. The van der Waals surface area contributed by atoms with Gasteiger partial charge in [-0.1, -0.05) is 12.1 Å². The maximum atomic E-state index is 11.9. The van der Waals surface area contributed by atoms with Crippen LogP contribution in [0.15, 0.2) is 22.7 Å². The number of halogens is 1. The van der Waals surface area contributed by atoms with E-state index in [1.165, 1.54) is 4.90 Å². The number of imide groups is 1. The molecule has 1 saturated heterocycles. The highest BCUT2D eigenvalue weighted by molar-refractivity contribution is 9.10. The largest absolute Gasteiger partial charge is 0.398 e. The number of hydrogen-bond donors (Lipinski definition) is 1. The van der Waals surface area contributed by atoms with E-state index in [4.69, 9.17) is 5.73 Å². The molecule has 0 radical (unpaired) electrons. The lowest BCUT2D eigenvalue weighted by Crippen LogP contribution is -2.34. The zero-order valence-corrected chi connectivity index (χ0v) is 11.6. The molecule has 1 aromatic carbocycles. The lowest BCUT2D eigenvalue weighted by atomic mass is 10.2. The van der Waals surface area contributed by atoms with Gasteiger partial charge in [0.25, 0.3) is 0 Å². The average molecular weight is 311 g/mol. The Morgan fingerprint density at radius 1 is 1.17 bits per heavy atom. The second-order valence-electron chi connectivity index (χ2n) is 4.40. The van der Waals surface area contributed by atoms with E-state index in [-0.39, 0.29) is 11.8 Å². The van der Waals surface area contributed by atoms with E-state index in [1.54, 1.807) is 6.07 Å². The minimum Gasteiger partial charge on any atom is -0.398 e. The van der Waals surface area contributed by atoms with Gasteiger partial charge in [-0.15, -0.1) is 0 Å². The number of benzene rings is 1. The van der Waals surface area contributed by atoms with Crippen LogP contribution in [-0.4, -0.2) is 16.7 Å². The summed E-state index contributed by atoms with van der Waals surface area (Å²) in [5.41, 5.74) is 7.26. The van der Waals surface area contributed by atoms with Crippen LogP contribution in [0, 0.1) is 0 Å². The van der Waals surface area contributed by atoms with Crippen LogP contribution in [0.2, 0.25) is 0 Å². The number of nitrogens with zero attached hydrogens (tertiary/aromatic N) is 1. The molecule has 1 fully saturated rings. The van der Waals surface area contributed by atoms with Crippen LogP contribution >= 0.6 is 15.9 Å². The number of nitrogen functional groups attached to an aromatic ring is 1. The van der Waals surface area contributed by atoms with Gasteiger partial charge in [0.1, 0.15) is 0 Å². The highest BCUT2D eigenvalue weighted by atomic mass is 79.9. The van der Waals surface area contributed by atoms with Gasteiger partial charge in [-0.2, -0.15) is 0 Å². The van der Waals surface area contributed by atoms with Crippen molar-refractivity contribution in [3.05, 3.63) is 28.2 Å². The summed E-state index contributed by atoms with van der Waals surface area (Å²) in [5, 5.41) is 0. The van der Waals surface area contributed by atoms with Crippen molar-refractivity contribution in [2.75, 3.05) is 5.73 Å². The van der Waals surface area contributed by atoms with Crippen LogP contribution < -0.4 is 5.73 Å². The summed E-state index contributed by atoms with van der Waals surface area (Å²) in [6.07, 6.45) is 2.48. The third-order valence-corrected chi connectivity index (χ3v) is 4.04. The van der Waals surface area contributed by atoms with Crippen molar-refractivity contribution in [2.45, 2.75) is 32.2 Å². The van der Waals surface area contributed by atoms with E-state index in [1.807, 2.05) is 12.1 Å². The number of rotatable bonds is 2. The standard InChI is InChI=1S/C13H15BrN2O2/c14-13-9(4-3-5-10(13)15)8-16-11(17)6-1-2-7-12(16)18/h3-5H,1-2,6-8,15H2. The Morgan fingerprint density at radius 2 is 1.78 bits per heavy atom. The lowest BCUT2D eigenvalue weighted by Gasteiger charge is -2.19. The van der Waals surface area contributed by atoms with Gasteiger partial charge in [0.2, 0.25) is 11.8 Å². The van der Waals surface area contributed by atoms with Crippen molar-refractivity contribution < 1.29 is 9.59 Å². The SMILES string of the molecule is Nc1cccc(CN2C(=O)CCCCC2=O)c1Br. The maximum Gasteiger partial charge on any atom is 0.229 e. The van der Waals surface area contributed by atoms with Crippen molar-refractivity contribution in [3.63, 3.8) is 0 Å². The number of amides is 2. The summed E-state index contributed by atoms with van der Waals surface area (Å²) in [6.45, 7) is 0.295. The second-order valence-corrected chi connectivity index (χ2v) is 5.19. The molecule has 5 heteroatoms. The van der Waals surface area contributed by atoms with E-state index in [0.29, 0.717) is 25.1 Å². The zero-order chi connectivity index (χ0) is 13.1. The van der Waals surface area contributed by atoms with Gasteiger partial charge in [-0.05, 0) is 40.4 Å². The normalized spacial score (nSPS) is 16.8. The summed E-state index contributed by atoms with van der Waals surface area (Å²) in [6, 6.07) is 5.47. The molecule has 1 aliphatic rings. The quantitative estimate of drug-likeness (QED) is 0.674. The molecule has 1 heterocycles. The monoisotopic (exact) mass is 310 g/mol. The molecule has 0 aromatic heterocycles. The fourth-order valence-corrected chi connectivity index (χ4v) is 2.42. The fourth-order valence-electron chi connectivity index (χ4n) is 2.03.